The maximum Gasteiger partial charge on any atom is 0.126 e. The largest absolute Gasteiger partial charge is 0.316 e. The summed E-state index contributed by atoms with van der Waals surface area (Å²) in [5.74, 6) is 1.56. The van der Waals surface area contributed by atoms with Crippen molar-refractivity contribution in [1.82, 2.24) is 5.32 Å². The van der Waals surface area contributed by atoms with E-state index in [4.69, 9.17) is 0 Å². The van der Waals surface area contributed by atoms with Crippen molar-refractivity contribution in [3.63, 3.8) is 0 Å². The van der Waals surface area contributed by atoms with Crippen LogP contribution in [0.1, 0.15) is 38.2 Å². The summed E-state index contributed by atoms with van der Waals surface area (Å²) in [6.45, 7) is 6.50. The van der Waals surface area contributed by atoms with E-state index < -0.39 is 0 Å². The summed E-state index contributed by atoms with van der Waals surface area (Å²) in [5, 5.41) is 3.40. The first kappa shape index (κ1) is 12.6. The number of nitrogens with one attached hydrogen (secondary N) is 1. The second kappa shape index (κ2) is 5.63. The normalized spacial score (nSPS) is 26.8. The van der Waals surface area contributed by atoms with Gasteiger partial charge < -0.3 is 5.32 Å². The van der Waals surface area contributed by atoms with Crippen molar-refractivity contribution >= 4 is 0 Å². The molecule has 0 spiro atoms. The highest BCUT2D eigenvalue weighted by Gasteiger charge is 2.31. The average molecular weight is 235 g/mol. The first-order valence-corrected chi connectivity index (χ1v) is 6.69. The molecule has 0 saturated carbocycles. The Morgan fingerprint density at radius 3 is 2.88 bits per heavy atom. The molecule has 1 aromatic rings. The molecule has 3 atom stereocenters. The summed E-state index contributed by atoms with van der Waals surface area (Å²) in [5.41, 5.74) is 0.894. The Morgan fingerprint density at radius 1 is 1.41 bits per heavy atom. The summed E-state index contributed by atoms with van der Waals surface area (Å²) in [6.07, 6.45) is 2.34. The Balaban J connectivity index is 2.25. The molecule has 1 nitrogen and oxygen atoms in total. The zero-order valence-electron chi connectivity index (χ0n) is 10.7. The maximum absolute atomic E-state index is 13.9. The minimum atomic E-state index is -0.0468. The fourth-order valence-corrected chi connectivity index (χ4v) is 2.98. The standard InChI is InChI=1S/C15H22FN/c1-3-11(2)12-8-9-17-10-14(12)13-6-4-5-7-15(13)16/h4-7,11-12,14,17H,3,8-10H2,1-2H3. The minimum Gasteiger partial charge on any atom is -0.316 e. The number of hydrogen-bond donors (Lipinski definition) is 1. The number of halogens is 1. The predicted octanol–water partition coefficient (Wildman–Crippen LogP) is 3.56. The fourth-order valence-electron chi connectivity index (χ4n) is 2.98. The molecule has 1 aliphatic rings. The van der Waals surface area contributed by atoms with Crippen molar-refractivity contribution in [2.24, 2.45) is 11.8 Å². The number of hydrogen-bond acceptors (Lipinski definition) is 1. The van der Waals surface area contributed by atoms with Crippen molar-refractivity contribution < 1.29 is 4.39 Å². The van der Waals surface area contributed by atoms with E-state index in [1.54, 1.807) is 12.1 Å². The lowest BCUT2D eigenvalue weighted by atomic mass is 9.74. The zero-order valence-corrected chi connectivity index (χ0v) is 10.7. The van der Waals surface area contributed by atoms with E-state index in [0.29, 0.717) is 17.8 Å². The molecule has 17 heavy (non-hydrogen) atoms. The Kier molecular flexibility index (Phi) is 4.16. The number of rotatable bonds is 3. The van der Waals surface area contributed by atoms with Gasteiger partial charge in [-0.05, 0) is 36.4 Å². The van der Waals surface area contributed by atoms with Crippen LogP contribution in [0, 0.1) is 17.7 Å². The van der Waals surface area contributed by atoms with Crippen LogP contribution in [0.5, 0.6) is 0 Å². The van der Waals surface area contributed by atoms with Gasteiger partial charge in [0.1, 0.15) is 5.82 Å². The van der Waals surface area contributed by atoms with Crippen molar-refractivity contribution in [2.75, 3.05) is 13.1 Å². The van der Waals surface area contributed by atoms with Crippen LogP contribution in [0.4, 0.5) is 4.39 Å². The molecule has 1 saturated heterocycles. The van der Waals surface area contributed by atoms with E-state index in [0.717, 1.165) is 25.1 Å². The summed E-state index contributed by atoms with van der Waals surface area (Å²) in [7, 11) is 0. The molecule has 2 rings (SSSR count). The van der Waals surface area contributed by atoms with Gasteiger partial charge in [-0.1, -0.05) is 38.5 Å². The molecule has 0 aromatic heterocycles. The molecular formula is C15H22FN. The van der Waals surface area contributed by atoms with Gasteiger partial charge in [-0.25, -0.2) is 4.39 Å². The molecule has 1 heterocycles. The molecule has 0 radical (unpaired) electrons. The summed E-state index contributed by atoms with van der Waals surface area (Å²) >= 11 is 0. The molecule has 2 heteroatoms. The van der Waals surface area contributed by atoms with Gasteiger partial charge in [0, 0.05) is 12.5 Å². The van der Waals surface area contributed by atoms with Crippen LogP contribution in [0.25, 0.3) is 0 Å². The van der Waals surface area contributed by atoms with Gasteiger partial charge in [-0.2, -0.15) is 0 Å². The van der Waals surface area contributed by atoms with Crippen LogP contribution < -0.4 is 5.32 Å². The third-order valence-corrected chi connectivity index (χ3v) is 4.22. The molecule has 1 N–H and O–H groups in total. The van der Waals surface area contributed by atoms with Crippen LogP contribution in [0.3, 0.4) is 0 Å². The molecule has 1 aromatic carbocycles. The van der Waals surface area contributed by atoms with Gasteiger partial charge in [0.25, 0.3) is 0 Å². The second-order valence-corrected chi connectivity index (χ2v) is 5.17. The smallest absolute Gasteiger partial charge is 0.126 e. The first-order valence-electron chi connectivity index (χ1n) is 6.69. The molecular weight excluding hydrogens is 213 g/mol. The number of piperidine rings is 1. The molecule has 0 bridgehead atoms. The van der Waals surface area contributed by atoms with E-state index in [9.17, 15) is 4.39 Å². The van der Waals surface area contributed by atoms with Crippen molar-refractivity contribution in [3.05, 3.63) is 35.6 Å². The Morgan fingerprint density at radius 2 is 2.18 bits per heavy atom. The Bertz CT molecular complexity index is 364. The third kappa shape index (κ3) is 2.68. The highest BCUT2D eigenvalue weighted by molar-refractivity contribution is 5.23. The van der Waals surface area contributed by atoms with Crippen molar-refractivity contribution in [1.29, 1.82) is 0 Å². The van der Waals surface area contributed by atoms with Gasteiger partial charge in [0.05, 0.1) is 0 Å². The first-order chi connectivity index (χ1) is 8.24. The summed E-state index contributed by atoms with van der Waals surface area (Å²) in [4.78, 5) is 0. The van der Waals surface area contributed by atoms with Crippen LogP contribution in [-0.4, -0.2) is 13.1 Å². The number of benzene rings is 1. The maximum atomic E-state index is 13.9. The molecule has 94 valence electrons. The SMILES string of the molecule is CCC(C)C1CCNCC1c1ccccc1F. The van der Waals surface area contributed by atoms with Gasteiger partial charge in [-0.3, -0.25) is 0 Å². The second-order valence-electron chi connectivity index (χ2n) is 5.17. The van der Waals surface area contributed by atoms with Crippen LogP contribution in [0.15, 0.2) is 24.3 Å². The lowest BCUT2D eigenvalue weighted by Gasteiger charge is -2.36. The van der Waals surface area contributed by atoms with E-state index in [2.05, 4.69) is 19.2 Å². The summed E-state index contributed by atoms with van der Waals surface area (Å²) in [6, 6.07) is 7.24. The van der Waals surface area contributed by atoms with E-state index in [-0.39, 0.29) is 5.82 Å². The topological polar surface area (TPSA) is 12.0 Å². The third-order valence-electron chi connectivity index (χ3n) is 4.22. The van der Waals surface area contributed by atoms with Gasteiger partial charge >= 0.3 is 0 Å². The fraction of sp³-hybridized carbons (Fsp3) is 0.600. The average Bonchev–Trinajstić information content (AvgIpc) is 2.38. The predicted molar refractivity (Wildman–Crippen MR) is 69.6 cm³/mol. The zero-order chi connectivity index (χ0) is 12.3. The van der Waals surface area contributed by atoms with E-state index in [1.165, 1.54) is 6.42 Å². The van der Waals surface area contributed by atoms with Gasteiger partial charge in [0.2, 0.25) is 0 Å². The highest BCUT2D eigenvalue weighted by Crippen LogP contribution is 2.36. The highest BCUT2D eigenvalue weighted by atomic mass is 19.1. The van der Waals surface area contributed by atoms with E-state index >= 15 is 0 Å². The quantitative estimate of drug-likeness (QED) is 0.844. The lowest BCUT2D eigenvalue weighted by molar-refractivity contribution is 0.230. The molecule has 0 aliphatic carbocycles. The lowest BCUT2D eigenvalue weighted by Crippen LogP contribution is -2.38. The monoisotopic (exact) mass is 235 g/mol. The summed E-state index contributed by atoms with van der Waals surface area (Å²) < 4.78 is 13.9. The molecule has 1 fully saturated rings. The van der Waals surface area contributed by atoms with E-state index in [1.807, 2.05) is 12.1 Å². The van der Waals surface area contributed by atoms with Crippen LogP contribution in [0.2, 0.25) is 0 Å². The molecule has 1 aliphatic heterocycles. The van der Waals surface area contributed by atoms with Crippen molar-refractivity contribution in [2.45, 2.75) is 32.6 Å². The van der Waals surface area contributed by atoms with Crippen LogP contribution in [-0.2, 0) is 0 Å². The molecule has 0 amide bonds. The van der Waals surface area contributed by atoms with Gasteiger partial charge in [0.15, 0.2) is 0 Å². The van der Waals surface area contributed by atoms with Crippen molar-refractivity contribution in [3.8, 4) is 0 Å². The van der Waals surface area contributed by atoms with Crippen LogP contribution >= 0.6 is 0 Å². The Labute approximate surface area is 103 Å². The van der Waals surface area contributed by atoms with Gasteiger partial charge in [-0.15, -0.1) is 0 Å². The Hall–Kier alpha value is -0.890. The minimum absolute atomic E-state index is 0.0468. The molecule has 3 unspecified atom stereocenters.